The zero-order valence-electron chi connectivity index (χ0n) is 23.2. The normalized spacial score (nSPS) is 12.3. The third-order valence-corrected chi connectivity index (χ3v) is 6.89. The molecule has 7 nitrogen and oxygen atoms in total. The zero-order chi connectivity index (χ0) is 32.5. The lowest BCUT2D eigenvalue weighted by molar-refractivity contribution is -0.140. The number of aromatic nitrogens is 3. The van der Waals surface area contributed by atoms with Crippen LogP contribution in [0.25, 0.3) is 22.0 Å². The molecule has 5 aromatic rings. The molecule has 0 aliphatic heterocycles. The Morgan fingerprint density at radius 3 is 2.33 bits per heavy atom. The van der Waals surface area contributed by atoms with Gasteiger partial charge in [-0.15, -0.1) is 0 Å². The van der Waals surface area contributed by atoms with Crippen LogP contribution in [0, 0.1) is 23.3 Å². The van der Waals surface area contributed by atoms with Crippen molar-refractivity contribution >= 4 is 22.7 Å². The monoisotopic (exact) mass is 629 g/mol. The highest BCUT2D eigenvalue weighted by Crippen LogP contribution is 2.35. The van der Waals surface area contributed by atoms with Crippen LogP contribution in [0.1, 0.15) is 33.4 Å². The van der Waals surface area contributed by atoms with Crippen molar-refractivity contribution in [1.29, 1.82) is 0 Å². The van der Waals surface area contributed by atoms with Crippen LogP contribution in [0.15, 0.2) is 72.9 Å². The highest BCUT2D eigenvalue weighted by atomic mass is 19.4. The topological polar surface area (TPSA) is 88.9 Å². The molecule has 1 atom stereocenters. The Morgan fingerprint density at radius 2 is 1.64 bits per heavy atom. The second-order valence-corrected chi connectivity index (χ2v) is 9.98. The first-order valence-corrected chi connectivity index (χ1v) is 13.3. The van der Waals surface area contributed by atoms with E-state index < -0.39 is 64.9 Å². The van der Waals surface area contributed by atoms with Crippen molar-refractivity contribution in [2.45, 2.75) is 25.2 Å². The molecule has 0 fully saturated rings. The summed E-state index contributed by atoms with van der Waals surface area (Å²) in [6.45, 7) is -0.744. The van der Waals surface area contributed by atoms with Gasteiger partial charge in [0.2, 0.25) is 5.91 Å². The number of nitrogens with zero attached hydrogens (tertiary/aromatic N) is 3. The van der Waals surface area contributed by atoms with Gasteiger partial charge < -0.3 is 10.6 Å². The first kappa shape index (κ1) is 31.2. The van der Waals surface area contributed by atoms with Gasteiger partial charge in [-0.2, -0.15) is 18.3 Å². The SMILES string of the molecule is CNC(=O)c1cc(-c2cccnc2[C@H](Cc2cc(F)cc(F)c2)NC(=O)Cn2nc(C(F)(F)F)c3cc(F)ccc32)ccc1F. The number of pyridine rings is 1. The van der Waals surface area contributed by atoms with Crippen molar-refractivity contribution in [3.63, 3.8) is 0 Å². The van der Waals surface area contributed by atoms with E-state index in [1.807, 2.05) is 0 Å². The highest BCUT2D eigenvalue weighted by molar-refractivity contribution is 5.95. The van der Waals surface area contributed by atoms with Gasteiger partial charge in [-0.25, -0.2) is 17.6 Å². The number of benzene rings is 3. The molecule has 0 unspecified atom stereocenters. The van der Waals surface area contributed by atoms with Gasteiger partial charge in [-0.05, 0) is 66.1 Å². The largest absolute Gasteiger partial charge is 0.435 e. The lowest BCUT2D eigenvalue weighted by Gasteiger charge is -2.22. The number of carbonyl (C=O) groups is 2. The zero-order valence-corrected chi connectivity index (χ0v) is 23.2. The summed E-state index contributed by atoms with van der Waals surface area (Å²) in [5, 5.41) is 7.95. The molecule has 0 aliphatic rings. The highest BCUT2D eigenvalue weighted by Gasteiger charge is 2.37. The summed E-state index contributed by atoms with van der Waals surface area (Å²) in [6.07, 6.45) is -3.80. The summed E-state index contributed by atoms with van der Waals surface area (Å²) >= 11 is 0. The van der Waals surface area contributed by atoms with Crippen LogP contribution >= 0.6 is 0 Å². The average molecular weight is 630 g/mol. The molecule has 2 amide bonds. The van der Waals surface area contributed by atoms with Crippen LogP contribution < -0.4 is 10.6 Å². The smallest absolute Gasteiger partial charge is 0.355 e. The molecular formula is C31H22F7N5O2. The molecule has 5 rings (SSSR count). The van der Waals surface area contributed by atoms with Crippen molar-refractivity contribution in [1.82, 2.24) is 25.4 Å². The molecule has 0 spiro atoms. The number of rotatable bonds is 8. The number of halogens is 7. The fourth-order valence-corrected chi connectivity index (χ4v) is 4.98. The molecule has 2 N–H and O–H groups in total. The number of hydrogen-bond acceptors (Lipinski definition) is 4. The minimum Gasteiger partial charge on any atom is -0.355 e. The van der Waals surface area contributed by atoms with Gasteiger partial charge >= 0.3 is 6.18 Å². The minimum atomic E-state index is -4.94. The van der Waals surface area contributed by atoms with E-state index >= 15 is 0 Å². The summed E-state index contributed by atoms with van der Waals surface area (Å²) in [5.41, 5.74) is -0.921. The van der Waals surface area contributed by atoms with E-state index in [9.17, 15) is 40.3 Å². The van der Waals surface area contributed by atoms with E-state index in [4.69, 9.17) is 0 Å². The molecular weight excluding hydrogens is 607 g/mol. The van der Waals surface area contributed by atoms with Gasteiger partial charge in [0.1, 0.15) is 29.8 Å². The van der Waals surface area contributed by atoms with E-state index in [-0.39, 0.29) is 28.8 Å². The van der Waals surface area contributed by atoms with Crippen LogP contribution in [0.3, 0.4) is 0 Å². The van der Waals surface area contributed by atoms with E-state index in [2.05, 4.69) is 20.7 Å². The fraction of sp³-hybridized carbons (Fsp3) is 0.161. The van der Waals surface area contributed by atoms with Gasteiger partial charge in [0.05, 0.1) is 22.8 Å². The van der Waals surface area contributed by atoms with Crippen LogP contribution in [0.4, 0.5) is 30.7 Å². The molecule has 2 heterocycles. The van der Waals surface area contributed by atoms with Crippen molar-refractivity contribution in [2.24, 2.45) is 0 Å². The molecule has 0 radical (unpaired) electrons. The maximum absolute atomic E-state index is 14.4. The number of amides is 2. The molecule has 2 aromatic heterocycles. The second-order valence-electron chi connectivity index (χ2n) is 9.98. The summed E-state index contributed by atoms with van der Waals surface area (Å²) < 4.78 is 98.1. The van der Waals surface area contributed by atoms with Crippen LogP contribution in [-0.4, -0.2) is 33.6 Å². The van der Waals surface area contributed by atoms with Crippen molar-refractivity contribution in [3.05, 3.63) is 119 Å². The lowest BCUT2D eigenvalue weighted by atomic mass is 9.94. The molecule has 14 heteroatoms. The Kier molecular flexibility index (Phi) is 8.57. The standard InChI is InChI=1S/C31H22F7N5O2/c1-39-30(45)22-12-17(4-6-24(22)35)21-3-2-8-40-28(21)25(11-16-9-19(33)13-20(34)10-16)41-27(44)15-43-26-7-5-18(32)14-23(26)29(42-43)31(36,37)38/h2-10,12-14,25H,11,15H2,1H3,(H,39,45)(H,41,44)/t25-/m0/s1. The Morgan fingerprint density at radius 1 is 0.911 bits per heavy atom. The molecule has 45 heavy (non-hydrogen) atoms. The van der Waals surface area contributed by atoms with Gasteiger partial charge in [-0.3, -0.25) is 19.3 Å². The van der Waals surface area contributed by atoms with E-state index in [0.29, 0.717) is 23.3 Å². The number of alkyl halides is 3. The van der Waals surface area contributed by atoms with Gasteiger partial charge in [-0.1, -0.05) is 12.1 Å². The van der Waals surface area contributed by atoms with E-state index in [1.165, 1.54) is 31.4 Å². The summed E-state index contributed by atoms with van der Waals surface area (Å²) in [4.78, 5) is 30.0. The number of carbonyl (C=O) groups excluding carboxylic acids is 2. The van der Waals surface area contributed by atoms with Crippen LogP contribution in [0.5, 0.6) is 0 Å². The maximum Gasteiger partial charge on any atom is 0.435 e. The molecule has 232 valence electrons. The van der Waals surface area contributed by atoms with E-state index in [1.54, 1.807) is 6.07 Å². The number of nitrogens with one attached hydrogen (secondary N) is 2. The third-order valence-electron chi connectivity index (χ3n) is 6.89. The Labute approximate surface area is 250 Å². The van der Waals surface area contributed by atoms with Crippen molar-refractivity contribution in [2.75, 3.05) is 7.05 Å². The van der Waals surface area contributed by atoms with Gasteiger partial charge in [0.15, 0.2) is 5.69 Å². The van der Waals surface area contributed by atoms with E-state index in [0.717, 1.165) is 35.0 Å². The summed E-state index contributed by atoms with van der Waals surface area (Å²) in [6, 6.07) is 11.1. The molecule has 0 bridgehead atoms. The maximum atomic E-state index is 14.4. The fourth-order valence-electron chi connectivity index (χ4n) is 4.98. The lowest BCUT2D eigenvalue weighted by Crippen LogP contribution is -2.34. The summed E-state index contributed by atoms with van der Waals surface area (Å²) in [5.74, 6) is -5.07. The molecule has 3 aromatic carbocycles. The predicted molar refractivity (Wildman–Crippen MR) is 149 cm³/mol. The van der Waals surface area contributed by atoms with Crippen molar-refractivity contribution in [3.8, 4) is 11.1 Å². The first-order chi connectivity index (χ1) is 21.3. The first-order valence-electron chi connectivity index (χ1n) is 13.3. The molecule has 0 saturated heterocycles. The van der Waals surface area contributed by atoms with Crippen LogP contribution in [-0.2, 0) is 23.9 Å². The predicted octanol–water partition coefficient (Wildman–Crippen LogP) is 6.13. The summed E-state index contributed by atoms with van der Waals surface area (Å²) in [7, 11) is 1.32. The Hall–Kier alpha value is -5.27. The third kappa shape index (κ3) is 6.79. The second kappa shape index (κ2) is 12.4. The van der Waals surface area contributed by atoms with Gasteiger partial charge in [0.25, 0.3) is 5.91 Å². The number of fused-ring (bicyclic) bond motifs is 1. The van der Waals surface area contributed by atoms with Crippen molar-refractivity contribution < 1.29 is 40.3 Å². The quantitative estimate of drug-likeness (QED) is 0.202. The van der Waals surface area contributed by atoms with Gasteiger partial charge in [0, 0.05) is 30.3 Å². The van der Waals surface area contributed by atoms with Crippen LogP contribution in [0.2, 0.25) is 0 Å². The minimum absolute atomic E-state index is 0.110. The number of hydrogen-bond donors (Lipinski definition) is 2. The molecule has 0 saturated carbocycles. The average Bonchev–Trinajstić information content (AvgIpc) is 3.33. The Balaban J connectivity index is 1.55. The molecule has 0 aliphatic carbocycles. The Bertz CT molecular complexity index is 1900.